The Balaban J connectivity index is 0.000000267. The van der Waals surface area contributed by atoms with Crippen molar-refractivity contribution >= 4 is 64.0 Å². The first kappa shape index (κ1) is 32.1. The zero-order valence-electron chi connectivity index (χ0n) is 21.3. The summed E-state index contributed by atoms with van der Waals surface area (Å²) in [5.74, 6) is 0. The number of hydrogen-bond acceptors (Lipinski definition) is 5. The van der Waals surface area contributed by atoms with Crippen LogP contribution >= 0.6 is 57.9 Å². The van der Waals surface area contributed by atoms with Gasteiger partial charge in [0.2, 0.25) is 0 Å². The number of rotatable bonds is 8. The monoisotopic (exact) mass is 573 g/mol. The number of hydrogen-bond donors (Lipinski definition) is 2. The number of thioether (sulfide) groups is 1. The van der Waals surface area contributed by atoms with Crippen LogP contribution in [0.3, 0.4) is 0 Å². The van der Waals surface area contributed by atoms with Crippen LogP contribution in [0.1, 0.15) is 31.4 Å². The highest BCUT2D eigenvalue weighted by Crippen LogP contribution is 2.34. The van der Waals surface area contributed by atoms with Gasteiger partial charge in [0.15, 0.2) is 0 Å². The van der Waals surface area contributed by atoms with Gasteiger partial charge >= 0.3 is 0 Å². The quantitative estimate of drug-likeness (QED) is 0.245. The number of halogens is 3. The fourth-order valence-electron chi connectivity index (χ4n) is 3.59. The molecule has 1 aromatic heterocycles. The summed E-state index contributed by atoms with van der Waals surface area (Å²) in [6.07, 6.45) is 7.63. The van der Waals surface area contributed by atoms with E-state index in [1.54, 1.807) is 29.2 Å². The molecular formula is C27H38Cl3N3S2. The average molecular weight is 575 g/mol. The minimum atomic E-state index is 0.476. The van der Waals surface area contributed by atoms with Crippen LogP contribution in [-0.2, 0) is 6.42 Å². The SMILES string of the molecule is C=C(NC(C)C)C1CC(NC)CN1C.C=CCc1ccc(Cl)cc1Cl.C=Cc1cc(Cl)sc1SC. The first-order valence-electron chi connectivity index (χ1n) is 11.4. The molecule has 1 fully saturated rings. The second-order valence-corrected chi connectivity index (χ2v) is 12.0. The standard InChI is InChI=1S/C11H23N3.C9H8Cl2.C7H7ClS2/c1-8(2)13-9(3)11-6-10(12-4)7-14(11)5;1-2-3-7-4-5-8(10)6-9(7)11;1-3-5-4-6(8)10-7(5)9-2/h8,10-13H,3,6-7H2,1-2,4-5H3;2,4-6H,1,3H2;3-4H,1H2,2H3. The summed E-state index contributed by atoms with van der Waals surface area (Å²) in [5.41, 5.74) is 3.36. The molecule has 2 atom stereocenters. The normalized spacial score (nSPS) is 17.2. The molecule has 1 aromatic carbocycles. The van der Waals surface area contributed by atoms with Crippen molar-refractivity contribution in [3.05, 3.63) is 81.3 Å². The van der Waals surface area contributed by atoms with Crippen molar-refractivity contribution in [1.82, 2.24) is 15.5 Å². The molecule has 0 aliphatic carbocycles. The molecule has 0 amide bonds. The highest BCUT2D eigenvalue weighted by Gasteiger charge is 2.30. The van der Waals surface area contributed by atoms with Crippen LogP contribution in [0.2, 0.25) is 14.4 Å². The summed E-state index contributed by atoms with van der Waals surface area (Å²) in [7, 11) is 4.19. The molecule has 2 N–H and O–H groups in total. The van der Waals surface area contributed by atoms with Crippen LogP contribution in [0.15, 0.2) is 60.0 Å². The molecule has 3 rings (SSSR count). The second-order valence-electron chi connectivity index (χ2n) is 8.43. The fourth-order valence-corrected chi connectivity index (χ4v) is 6.16. The zero-order chi connectivity index (χ0) is 26.5. The number of nitrogens with one attached hydrogen (secondary N) is 2. The van der Waals surface area contributed by atoms with E-state index in [4.69, 9.17) is 34.8 Å². The lowest BCUT2D eigenvalue weighted by Gasteiger charge is -2.24. The Bertz CT molecular complexity index is 959. The van der Waals surface area contributed by atoms with Gasteiger partial charge in [-0.1, -0.05) is 66.2 Å². The number of likely N-dealkylation sites (N-methyl/N-ethyl adjacent to an activating group) is 2. The van der Waals surface area contributed by atoms with Crippen LogP contribution in [0.5, 0.6) is 0 Å². The van der Waals surface area contributed by atoms with Crippen LogP contribution in [0.4, 0.5) is 0 Å². The molecule has 194 valence electrons. The summed E-state index contributed by atoms with van der Waals surface area (Å²) >= 11 is 20.7. The molecule has 0 radical (unpaired) electrons. The van der Waals surface area contributed by atoms with E-state index in [0.717, 1.165) is 40.5 Å². The molecule has 1 saturated heterocycles. The second kappa shape index (κ2) is 16.8. The molecule has 35 heavy (non-hydrogen) atoms. The van der Waals surface area contributed by atoms with E-state index >= 15 is 0 Å². The molecule has 0 spiro atoms. The number of likely N-dealkylation sites (tertiary alicyclic amines) is 1. The number of allylic oxidation sites excluding steroid dienone is 1. The molecule has 2 aromatic rings. The topological polar surface area (TPSA) is 27.3 Å². The summed E-state index contributed by atoms with van der Waals surface area (Å²) < 4.78 is 2.07. The first-order valence-corrected chi connectivity index (χ1v) is 14.6. The van der Waals surface area contributed by atoms with Gasteiger partial charge in [-0.15, -0.1) is 29.7 Å². The largest absolute Gasteiger partial charge is 0.385 e. The van der Waals surface area contributed by atoms with Crippen LogP contribution in [0, 0.1) is 0 Å². The van der Waals surface area contributed by atoms with Crippen molar-refractivity contribution in [3.63, 3.8) is 0 Å². The molecule has 3 nitrogen and oxygen atoms in total. The Labute approximate surface area is 235 Å². The predicted molar refractivity (Wildman–Crippen MR) is 163 cm³/mol. The number of nitrogens with zero attached hydrogens (tertiary/aromatic N) is 1. The smallest absolute Gasteiger partial charge is 0.0946 e. The molecule has 2 unspecified atom stereocenters. The van der Waals surface area contributed by atoms with E-state index in [1.807, 2.05) is 43.7 Å². The van der Waals surface area contributed by atoms with E-state index in [2.05, 4.69) is 56.2 Å². The van der Waals surface area contributed by atoms with Gasteiger partial charge in [0.05, 0.1) is 14.6 Å². The van der Waals surface area contributed by atoms with Crippen LogP contribution in [0.25, 0.3) is 6.08 Å². The van der Waals surface area contributed by atoms with Gasteiger partial charge in [0.25, 0.3) is 0 Å². The maximum absolute atomic E-state index is 5.88. The minimum absolute atomic E-state index is 0.476. The lowest BCUT2D eigenvalue weighted by Crippen LogP contribution is -2.35. The third kappa shape index (κ3) is 11.3. The van der Waals surface area contributed by atoms with Crippen molar-refractivity contribution < 1.29 is 0 Å². The van der Waals surface area contributed by atoms with E-state index in [1.165, 1.54) is 4.21 Å². The first-order chi connectivity index (χ1) is 16.6. The van der Waals surface area contributed by atoms with Crippen LogP contribution in [-0.4, -0.2) is 49.9 Å². The lowest BCUT2D eigenvalue weighted by atomic mass is 10.1. The van der Waals surface area contributed by atoms with Gasteiger partial charge in [-0.3, -0.25) is 4.90 Å². The average Bonchev–Trinajstić information content (AvgIpc) is 3.37. The third-order valence-corrected chi connectivity index (χ3v) is 8.33. The van der Waals surface area contributed by atoms with Crippen molar-refractivity contribution in [2.45, 2.75) is 49.0 Å². The highest BCUT2D eigenvalue weighted by molar-refractivity contribution is 8.00. The van der Waals surface area contributed by atoms with Crippen LogP contribution < -0.4 is 10.6 Å². The Morgan fingerprint density at radius 2 is 1.94 bits per heavy atom. The van der Waals surface area contributed by atoms with Gasteiger partial charge < -0.3 is 10.6 Å². The van der Waals surface area contributed by atoms with Gasteiger partial charge in [-0.25, -0.2) is 0 Å². The minimum Gasteiger partial charge on any atom is -0.385 e. The summed E-state index contributed by atoms with van der Waals surface area (Å²) in [5, 5.41) is 8.09. The van der Waals surface area contributed by atoms with E-state index in [-0.39, 0.29) is 0 Å². The van der Waals surface area contributed by atoms with Gasteiger partial charge in [-0.2, -0.15) is 0 Å². The summed E-state index contributed by atoms with van der Waals surface area (Å²) in [6.45, 7) is 16.8. The van der Waals surface area contributed by atoms with Gasteiger partial charge in [0.1, 0.15) is 0 Å². The summed E-state index contributed by atoms with van der Waals surface area (Å²) in [4.78, 5) is 2.36. The molecular weight excluding hydrogens is 537 g/mol. The maximum atomic E-state index is 5.88. The highest BCUT2D eigenvalue weighted by atomic mass is 35.5. The van der Waals surface area contributed by atoms with Crippen molar-refractivity contribution in [3.8, 4) is 0 Å². The molecule has 0 saturated carbocycles. The number of thiophene rings is 1. The Morgan fingerprint density at radius 3 is 2.40 bits per heavy atom. The lowest BCUT2D eigenvalue weighted by molar-refractivity contribution is 0.327. The summed E-state index contributed by atoms with van der Waals surface area (Å²) in [6, 6.07) is 8.97. The number of benzene rings is 1. The molecule has 2 heterocycles. The van der Waals surface area contributed by atoms with E-state index < -0.39 is 0 Å². The van der Waals surface area contributed by atoms with E-state index in [0.29, 0.717) is 28.2 Å². The predicted octanol–water partition coefficient (Wildman–Crippen LogP) is 8.28. The van der Waals surface area contributed by atoms with Crippen molar-refractivity contribution in [2.24, 2.45) is 0 Å². The van der Waals surface area contributed by atoms with Gasteiger partial charge in [0, 0.05) is 34.4 Å². The Hall–Kier alpha value is -0.920. The molecule has 1 aliphatic rings. The fraction of sp³-hybridized carbons (Fsp3) is 0.407. The molecule has 1 aliphatic heterocycles. The van der Waals surface area contributed by atoms with Gasteiger partial charge in [-0.05, 0) is 76.4 Å². The zero-order valence-corrected chi connectivity index (χ0v) is 25.2. The Morgan fingerprint density at radius 1 is 1.26 bits per heavy atom. The van der Waals surface area contributed by atoms with Crippen molar-refractivity contribution in [2.75, 3.05) is 26.9 Å². The van der Waals surface area contributed by atoms with E-state index in [9.17, 15) is 0 Å². The third-order valence-electron chi connectivity index (χ3n) is 5.31. The van der Waals surface area contributed by atoms with Crippen molar-refractivity contribution in [1.29, 1.82) is 0 Å². The Kier molecular flexibility index (Phi) is 15.4. The molecule has 0 bridgehead atoms. The maximum Gasteiger partial charge on any atom is 0.0946 e. The molecule has 8 heteroatoms.